The first-order valence-corrected chi connectivity index (χ1v) is 10.00. The quantitative estimate of drug-likeness (QED) is 0.680. The lowest BCUT2D eigenvalue weighted by molar-refractivity contribution is 0.0204. The first-order chi connectivity index (χ1) is 13.6. The van der Waals surface area contributed by atoms with Gasteiger partial charge in [-0.15, -0.1) is 0 Å². The molecule has 4 heterocycles. The SMILES string of the molecule is Cc1cc(C)c2c(n1)[nH]n1c(=O)cc(C3CCN(C(=O)OC(C)(C)C)CC3)nc21. The van der Waals surface area contributed by atoms with Crippen molar-refractivity contribution in [3.05, 3.63) is 39.4 Å². The number of aromatic amines is 1. The van der Waals surface area contributed by atoms with E-state index >= 15 is 0 Å². The molecule has 154 valence electrons. The molecule has 0 saturated carbocycles. The lowest BCUT2D eigenvalue weighted by Crippen LogP contribution is -2.41. The summed E-state index contributed by atoms with van der Waals surface area (Å²) in [6.07, 6.45) is 1.22. The van der Waals surface area contributed by atoms with Gasteiger partial charge in [0, 0.05) is 30.8 Å². The van der Waals surface area contributed by atoms with Gasteiger partial charge in [0.25, 0.3) is 5.56 Å². The Kier molecular flexibility index (Phi) is 4.59. The van der Waals surface area contributed by atoms with Crippen molar-refractivity contribution < 1.29 is 9.53 Å². The highest BCUT2D eigenvalue weighted by atomic mass is 16.6. The highest BCUT2D eigenvalue weighted by molar-refractivity contribution is 5.92. The molecule has 0 radical (unpaired) electrons. The van der Waals surface area contributed by atoms with Crippen molar-refractivity contribution in [1.29, 1.82) is 0 Å². The highest BCUT2D eigenvalue weighted by Gasteiger charge is 2.28. The van der Waals surface area contributed by atoms with E-state index in [2.05, 4.69) is 10.1 Å². The fourth-order valence-corrected chi connectivity index (χ4v) is 3.98. The summed E-state index contributed by atoms with van der Waals surface area (Å²) < 4.78 is 6.92. The summed E-state index contributed by atoms with van der Waals surface area (Å²) in [6.45, 7) is 10.7. The molecule has 3 aromatic rings. The Bertz CT molecular complexity index is 1150. The van der Waals surface area contributed by atoms with Crippen LogP contribution < -0.4 is 5.56 Å². The number of rotatable bonds is 1. The molecule has 0 atom stereocenters. The van der Waals surface area contributed by atoms with Crippen molar-refractivity contribution in [1.82, 2.24) is 24.5 Å². The Morgan fingerprint density at radius 1 is 1.17 bits per heavy atom. The van der Waals surface area contributed by atoms with E-state index in [4.69, 9.17) is 9.72 Å². The average molecular weight is 397 g/mol. The van der Waals surface area contributed by atoms with Gasteiger partial charge in [0.1, 0.15) is 5.60 Å². The molecule has 1 N–H and O–H groups in total. The monoisotopic (exact) mass is 397 g/mol. The maximum Gasteiger partial charge on any atom is 0.410 e. The minimum Gasteiger partial charge on any atom is -0.444 e. The molecule has 1 amide bonds. The smallest absolute Gasteiger partial charge is 0.410 e. The zero-order valence-electron chi connectivity index (χ0n) is 17.6. The van der Waals surface area contributed by atoms with Crippen LogP contribution in [0.15, 0.2) is 16.9 Å². The minimum atomic E-state index is -0.505. The molecule has 4 rings (SSSR count). The molecule has 8 nitrogen and oxygen atoms in total. The molecule has 1 aliphatic rings. The summed E-state index contributed by atoms with van der Waals surface area (Å²) in [4.78, 5) is 36.1. The van der Waals surface area contributed by atoms with Gasteiger partial charge >= 0.3 is 6.09 Å². The van der Waals surface area contributed by atoms with Gasteiger partial charge in [-0.05, 0) is 59.1 Å². The van der Waals surface area contributed by atoms with Crippen LogP contribution in [0.3, 0.4) is 0 Å². The first kappa shape index (κ1) is 19.4. The number of amides is 1. The van der Waals surface area contributed by atoms with Gasteiger partial charge < -0.3 is 9.64 Å². The Morgan fingerprint density at radius 3 is 2.52 bits per heavy atom. The van der Waals surface area contributed by atoms with Crippen LogP contribution in [-0.4, -0.2) is 49.3 Å². The Balaban J connectivity index is 1.62. The van der Waals surface area contributed by atoms with E-state index in [1.54, 1.807) is 11.0 Å². The Hall–Kier alpha value is -2.90. The van der Waals surface area contributed by atoms with Gasteiger partial charge in [0.15, 0.2) is 11.3 Å². The van der Waals surface area contributed by atoms with Crippen molar-refractivity contribution in [2.24, 2.45) is 0 Å². The van der Waals surface area contributed by atoms with Crippen LogP contribution in [0.5, 0.6) is 0 Å². The largest absolute Gasteiger partial charge is 0.444 e. The summed E-state index contributed by atoms with van der Waals surface area (Å²) in [6, 6.07) is 3.59. The number of fused-ring (bicyclic) bond motifs is 3. The van der Waals surface area contributed by atoms with Crippen LogP contribution >= 0.6 is 0 Å². The van der Waals surface area contributed by atoms with Crippen LogP contribution in [0.4, 0.5) is 4.79 Å². The van der Waals surface area contributed by atoms with Gasteiger partial charge in [-0.2, -0.15) is 4.52 Å². The highest BCUT2D eigenvalue weighted by Crippen LogP contribution is 2.28. The molecular weight excluding hydrogens is 370 g/mol. The van der Waals surface area contributed by atoms with Crippen molar-refractivity contribution >= 4 is 22.8 Å². The van der Waals surface area contributed by atoms with Gasteiger partial charge in [0.2, 0.25) is 0 Å². The zero-order valence-corrected chi connectivity index (χ0v) is 17.6. The van der Waals surface area contributed by atoms with Gasteiger partial charge in [0.05, 0.1) is 11.1 Å². The number of nitrogens with zero attached hydrogens (tertiary/aromatic N) is 4. The lowest BCUT2D eigenvalue weighted by Gasteiger charge is -2.33. The number of ether oxygens (including phenoxy) is 1. The molecule has 0 unspecified atom stereocenters. The Labute approximate surface area is 168 Å². The second-order valence-corrected chi connectivity index (χ2v) is 8.84. The molecule has 1 fully saturated rings. The maximum absolute atomic E-state index is 12.7. The average Bonchev–Trinajstić information content (AvgIpc) is 2.99. The molecule has 1 saturated heterocycles. The van der Waals surface area contributed by atoms with Crippen molar-refractivity contribution in [2.45, 2.75) is 59.0 Å². The van der Waals surface area contributed by atoms with E-state index in [1.807, 2.05) is 40.7 Å². The van der Waals surface area contributed by atoms with Crippen LogP contribution in [0, 0.1) is 13.8 Å². The lowest BCUT2D eigenvalue weighted by atomic mass is 9.93. The van der Waals surface area contributed by atoms with E-state index in [0.29, 0.717) is 24.4 Å². The third-order valence-corrected chi connectivity index (χ3v) is 5.29. The number of carbonyl (C=O) groups excluding carboxylic acids is 1. The van der Waals surface area contributed by atoms with Crippen molar-refractivity contribution in [2.75, 3.05) is 13.1 Å². The summed E-state index contributed by atoms with van der Waals surface area (Å²) in [5.74, 6) is 0.134. The normalized spacial score (nSPS) is 16.0. The van der Waals surface area contributed by atoms with Gasteiger partial charge in [-0.25, -0.2) is 14.8 Å². The molecule has 0 aromatic carbocycles. The third-order valence-electron chi connectivity index (χ3n) is 5.29. The Morgan fingerprint density at radius 2 is 1.86 bits per heavy atom. The van der Waals surface area contributed by atoms with E-state index in [-0.39, 0.29) is 17.6 Å². The summed E-state index contributed by atoms with van der Waals surface area (Å²) in [7, 11) is 0. The third kappa shape index (κ3) is 3.71. The maximum atomic E-state index is 12.7. The number of pyridine rings is 1. The topological polar surface area (TPSA) is 92.6 Å². The number of piperidine rings is 1. The molecule has 8 heteroatoms. The number of H-pyrrole nitrogens is 1. The molecule has 0 spiro atoms. The summed E-state index contributed by atoms with van der Waals surface area (Å²) in [5.41, 5.74) is 3.34. The van der Waals surface area contributed by atoms with Crippen molar-refractivity contribution in [3.63, 3.8) is 0 Å². The van der Waals surface area contributed by atoms with E-state index in [0.717, 1.165) is 35.2 Å². The van der Waals surface area contributed by atoms with Gasteiger partial charge in [-0.1, -0.05) is 0 Å². The number of aryl methyl sites for hydroxylation is 2. The van der Waals surface area contributed by atoms with Crippen LogP contribution in [-0.2, 0) is 4.74 Å². The number of hydrogen-bond donors (Lipinski definition) is 1. The predicted molar refractivity (Wildman–Crippen MR) is 110 cm³/mol. The van der Waals surface area contributed by atoms with E-state index in [9.17, 15) is 9.59 Å². The summed E-state index contributed by atoms with van der Waals surface area (Å²) >= 11 is 0. The molecule has 0 bridgehead atoms. The van der Waals surface area contributed by atoms with Gasteiger partial charge in [-0.3, -0.25) is 9.89 Å². The van der Waals surface area contributed by atoms with Crippen LogP contribution in [0.1, 0.15) is 56.5 Å². The number of hydrogen-bond acceptors (Lipinski definition) is 5. The number of nitrogens with one attached hydrogen (secondary N) is 1. The molecule has 1 aliphatic heterocycles. The van der Waals surface area contributed by atoms with Crippen LogP contribution in [0.25, 0.3) is 16.7 Å². The summed E-state index contributed by atoms with van der Waals surface area (Å²) in [5, 5.41) is 3.94. The fraction of sp³-hybridized carbons (Fsp3) is 0.524. The standard InChI is InChI=1S/C21H27N5O3/c1-12-10-13(2)22-18-17(12)19-23-15(11-16(27)26(19)24-18)14-6-8-25(9-7-14)20(28)29-21(3,4)5/h10-11,14H,6-9H2,1-5H3,(H,22,24). The van der Waals surface area contributed by atoms with Crippen molar-refractivity contribution in [3.8, 4) is 0 Å². The fourth-order valence-electron chi connectivity index (χ4n) is 3.98. The molecule has 29 heavy (non-hydrogen) atoms. The number of aromatic nitrogens is 4. The first-order valence-electron chi connectivity index (χ1n) is 10.00. The minimum absolute atomic E-state index is 0.134. The predicted octanol–water partition coefficient (Wildman–Crippen LogP) is 3.30. The zero-order chi connectivity index (χ0) is 20.9. The van der Waals surface area contributed by atoms with E-state index < -0.39 is 5.60 Å². The number of carbonyl (C=O) groups is 1. The second kappa shape index (κ2) is 6.86. The molecule has 3 aromatic heterocycles. The van der Waals surface area contributed by atoms with E-state index in [1.165, 1.54) is 4.52 Å². The molecular formula is C21H27N5O3. The number of likely N-dealkylation sites (tertiary alicyclic amines) is 1. The molecule has 0 aliphatic carbocycles. The van der Waals surface area contributed by atoms with Crippen LogP contribution in [0.2, 0.25) is 0 Å². The second-order valence-electron chi connectivity index (χ2n) is 8.84.